The van der Waals surface area contributed by atoms with E-state index >= 15 is 0 Å². The molecule has 0 aliphatic carbocycles. The van der Waals surface area contributed by atoms with Gasteiger partial charge in [0.2, 0.25) is 0 Å². The first-order chi connectivity index (χ1) is 8.06. The molecule has 0 aromatic carbocycles. The van der Waals surface area contributed by atoms with E-state index in [9.17, 15) is 4.79 Å². The molecule has 17 heavy (non-hydrogen) atoms. The molecular weight excluding hydrogens is 234 g/mol. The van der Waals surface area contributed by atoms with Crippen LogP contribution in [0, 0.1) is 0 Å². The lowest BCUT2D eigenvalue weighted by molar-refractivity contribution is 0.0765. The minimum Gasteiger partial charge on any atom is -0.397 e. The molecule has 0 spiro atoms. The molecular formula is C12H21N3OS. The maximum absolute atomic E-state index is 12.2. The number of rotatable bonds is 6. The number of carbonyl (C=O) groups excluding carboxylic acids is 1. The fraction of sp³-hybridized carbons (Fsp3) is 0.583. The SMILES string of the molecule is CCN(CCCN(C)C)C(=O)c1sccc1N. The van der Waals surface area contributed by atoms with Crippen molar-refractivity contribution in [3.63, 3.8) is 0 Å². The van der Waals surface area contributed by atoms with E-state index in [0.717, 1.165) is 26.1 Å². The molecule has 4 nitrogen and oxygen atoms in total. The molecule has 0 fully saturated rings. The van der Waals surface area contributed by atoms with Crippen molar-refractivity contribution >= 4 is 22.9 Å². The van der Waals surface area contributed by atoms with E-state index in [1.54, 1.807) is 6.07 Å². The van der Waals surface area contributed by atoms with Crippen LogP contribution in [0.3, 0.4) is 0 Å². The maximum atomic E-state index is 12.2. The number of hydrogen-bond acceptors (Lipinski definition) is 4. The summed E-state index contributed by atoms with van der Waals surface area (Å²) in [6.45, 7) is 4.50. The van der Waals surface area contributed by atoms with Gasteiger partial charge in [-0.3, -0.25) is 4.79 Å². The van der Waals surface area contributed by atoms with Gasteiger partial charge in [0.15, 0.2) is 0 Å². The Morgan fingerprint density at radius 1 is 1.41 bits per heavy atom. The molecule has 0 aliphatic rings. The Morgan fingerprint density at radius 3 is 2.59 bits per heavy atom. The molecule has 96 valence electrons. The second-order valence-electron chi connectivity index (χ2n) is 4.25. The molecule has 0 unspecified atom stereocenters. The average Bonchev–Trinajstić information content (AvgIpc) is 2.69. The topological polar surface area (TPSA) is 49.6 Å². The van der Waals surface area contributed by atoms with E-state index in [-0.39, 0.29) is 5.91 Å². The van der Waals surface area contributed by atoms with E-state index in [4.69, 9.17) is 5.73 Å². The molecule has 0 radical (unpaired) electrons. The predicted octanol–water partition coefficient (Wildman–Crippen LogP) is 1.74. The van der Waals surface area contributed by atoms with E-state index in [1.807, 2.05) is 31.3 Å². The molecule has 1 heterocycles. The molecule has 1 rings (SSSR count). The molecule has 0 bridgehead atoms. The summed E-state index contributed by atoms with van der Waals surface area (Å²) in [6, 6.07) is 1.78. The van der Waals surface area contributed by atoms with Crippen LogP contribution in [0.25, 0.3) is 0 Å². The maximum Gasteiger partial charge on any atom is 0.266 e. The number of nitrogens with two attached hydrogens (primary N) is 1. The Hall–Kier alpha value is -1.07. The number of anilines is 1. The van der Waals surface area contributed by atoms with Crippen LogP contribution < -0.4 is 5.73 Å². The Labute approximate surface area is 107 Å². The van der Waals surface area contributed by atoms with Crippen molar-refractivity contribution in [1.29, 1.82) is 0 Å². The molecule has 0 saturated carbocycles. The van der Waals surface area contributed by atoms with Crippen LogP contribution in [-0.2, 0) is 0 Å². The third-order valence-corrected chi connectivity index (χ3v) is 3.51. The average molecular weight is 255 g/mol. The standard InChI is InChI=1S/C12H21N3OS/c1-4-15(8-5-7-14(2)3)12(16)11-10(13)6-9-17-11/h6,9H,4-5,7-8,13H2,1-3H3. The number of nitrogens with zero attached hydrogens (tertiary/aromatic N) is 2. The van der Waals surface area contributed by atoms with Crippen molar-refractivity contribution in [3.05, 3.63) is 16.3 Å². The van der Waals surface area contributed by atoms with Gasteiger partial charge < -0.3 is 15.5 Å². The molecule has 2 N–H and O–H groups in total. The Balaban J connectivity index is 2.56. The molecule has 1 amide bonds. The zero-order chi connectivity index (χ0) is 12.8. The predicted molar refractivity (Wildman–Crippen MR) is 73.5 cm³/mol. The quantitative estimate of drug-likeness (QED) is 0.842. The van der Waals surface area contributed by atoms with Gasteiger partial charge in [0, 0.05) is 13.1 Å². The second-order valence-corrected chi connectivity index (χ2v) is 5.16. The lowest BCUT2D eigenvalue weighted by Gasteiger charge is -2.21. The van der Waals surface area contributed by atoms with Crippen LogP contribution >= 0.6 is 11.3 Å². The first-order valence-corrected chi connectivity index (χ1v) is 6.71. The van der Waals surface area contributed by atoms with Crippen LogP contribution in [-0.4, -0.2) is 49.4 Å². The lowest BCUT2D eigenvalue weighted by Crippen LogP contribution is -2.33. The van der Waals surface area contributed by atoms with Crippen molar-refractivity contribution in [2.75, 3.05) is 39.5 Å². The van der Waals surface area contributed by atoms with Gasteiger partial charge in [-0.2, -0.15) is 0 Å². The fourth-order valence-corrected chi connectivity index (χ4v) is 2.40. The van der Waals surface area contributed by atoms with Crippen molar-refractivity contribution in [3.8, 4) is 0 Å². The van der Waals surface area contributed by atoms with E-state index in [0.29, 0.717) is 10.6 Å². The van der Waals surface area contributed by atoms with Gasteiger partial charge in [-0.1, -0.05) is 0 Å². The van der Waals surface area contributed by atoms with Crippen LogP contribution in [0.5, 0.6) is 0 Å². The normalized spacial score (nSPS) is 10.8. The number of carbonyl (C=O) groups is 1. The zero-order valence-corrected chi connectivity index (χ0v) is 11.6. The molecule has 0 aliphatic heterocycles. The molecule has 0 atom stereocenters. The second kappa shape index (κ2) is 6.61. The van der Waals surface area contributed by atoms with Gasteiger partial charge >= 0.3 is 0 Å². The minimum atomic E-state index is 0.0544. The third kappa shape index (κ3) is 4.02. The minimum absolute atomic E-state index is 0.0544. The number of thiophene rings is 1. The van der Waals surface area contributed by atoms with Crippen LogP contribution in [0.4, 0.5) is 5.69 Å². The molecule has 1 aromatic rings. The van der Waals surface area contributed by atoms with Crippen molar-refractivity contribution in [2.24, 2.45) is 0 Å². The van der Waals surface area contributed by atoms with E-state index in [2.05, 4.69) is 4.90 Å². The Morgan fingerprint density at radius 2 is 2.12 bits per heavy atom. The monoisotopic (exact) mass is 255 g/mol. The molecule has 0 saturated heterocycles. The molecule has 5 heteroatoms. The first-order valence-electron chi connectivity index (χ1n) is 5.83. The van der Waals surface area contributed by atoms with Crippen molar-refractivity contribution in [1.82, 2.24) is 9.80 Å². The summed E-state index contributed by atoms with van der Waals surface area (Å²) in [5.74, 6) is 0.0544. The highest BCUT2D eigenvalue weighted by Crippen LogP contribution is 2.20. The van der Waals surface area contributed by atoms with Gasteiger partial charge in [0.1, 0.15) is 4.88 Å². The summed E-state index contributed by atoms with van der Waals surface area (Å²) in [7, 11) is 4.07. The van der Waals surface area contributed by atoms with Crippen LogP contribution in [0.2, 0.25) is 0 Å². The fourth-order valence-electron chi connectivity index (χ4n) is 1.62. The summed E-state index contributed by atoms with van der Waals surface area (Å²) in [5, 5.41) is 1.86. The van der Waals surface area contributed by atoms with E-state index in [1.165, 1.54) is 11.3 Å². The van der Waals surface area contributed by atoms with Gasteiger partial charge in [-0.25, -0.2) is 0 Å². The smallest absolute Gasteiger partial charge is 0.266 e. The van der Waals surface area contributed by atoms with Crippen molar-refractivity contribution < 1.29 is 4.79 Å². The van der Waals surface area contributed by atoms with E-state index < -0.39 is 0 Å². The summed E-state index contributed by atoms with van der Waals surface area (Å²) in [5.41, 5.74) is 6.35. The Bertz CT molecular complexity index is 362. The highest BCUT2D eigenvalue weighted by atomic mass is 32.1. The van der Waals surface area contributed by atoms with Gasteiger partial charge in [0.05, 0.1) is 5.69 Å². The van der Waals surface area contributed by atoms with Crippen LogP contribution in [0.15, 0.2) is 11.4 Å². The number of hydrogen-bond donors (Lipinski definition) is 1. The van der Waals surface area contributed by atoms with Gasteiger partial charge in [-0.05, 0) is 45.4 Å². The molecule has 1 aromatic heterocycles. The largest absolute Gasteiger partial charge is 0.397 e. The highest BCUT2D eigenvalue weighted by Gasteiger charge is 2.17. The highest BCUT2D eigenvalue weighted by molar-refractivity contribution is 7.12. The van der Waals surface area contributed by atoms with Crippen molar-refractivity contribution in [2.45, 2.75) is 13.3 Å². The summed E-state index contributed by atoms with van der Waals surface area (Å²) in [4.78, 5) is 16.8. The third-order valence-electron chi connectivity index (χ3n) is 2.59. The first kappa shape index (κ1) is 14.0. The number of amides is 1. The number of nitrogen functional groups attached to an aromatic ring is 1. The van der Waals surface area contributed by atoms with Crippen LogP contribution in [0.1, 0.15) is 23.0 Å². The van der Waals surface area contributed by atoms with Gasteiger partial charge in [-0.15, -0.1) is 11.3 Å². The Kier molecular flexibility index (Phi) is 5.44. The zero-order valence-electron chi connectivity index (χ0n) is 10.8. The lowest BCUT2D eigenvalue weighted by atomic mass is 10.3. The van der Waals surface area contributed by atoms with Gasteiger partial charge in [0.25, 0.3) is 5.91 Å². The summed E-state index contributed by atoms with van der Waals surface area (Å²) in [6.07, 6.45) is 0.984. The summed E-state index contributed by atoms with van der Waals surface area (Å²) >= 11 is 1.41. The summed E-state index contributed by atoms with van der Waals surface area (Å²) < 4.78 is 0.